The number of halogens is 1. The molecule has 2 fully saturated rings. The molecule has 3 rings (SSSR count). The molecule has 0 bridgehead atoms. The molecule has 1 aromatic carbocycles. The Labute approximate surface area is 125 Å². The maximum Gasteiger partial charge on any atom is 0.189 e. The fourth-order valence-electron chi connectivity index (χ4n) is 2.53. The van der Waals surface area contributed by atoms with Crippen molar-refractivity contribution in [2.75, 3.05) is 44.5 Å². The van der Waals surface area contributed by atoms with E-state index >= 15 is 0 Å². The summed E-state index contributed by atoms with van der Waals surface area (Å²) in [7, 11) is 0. The minimum atomic E-state index is -0.225. The molecule has 0 spiro atoms. The molecular weight excluding hydrogens is 271 g/mol. The predicted molar refractivity (Wildman–Crippen MR) is 80.3 cm³/mol. The van der Waals surface area contributed by atoms with Gasteiger partial charge in [0.05, 0.1) is 12.3 Å². The highest BCUT2D eigenvalue weighted by molar-refractivity contribution is 5.50. The van der Waals surface area contributed by atoms with Crippen LogP contribution in [-0.4, -0.2) is 39.6 Å². The highest BCUT2D eigenvalue weighted by atomic mass is 19.1. The molecule has 1 saturated carbocycles. The number of rotatable bonds is 6. The van der Waals surface area contributed by atoms with Gasteiger partial charge in [-0.3, -0.25) is 0 Å². The maximum atomic E-state index is 14.2. The van der Waals surface area contributed by atoms with Crippen LogP contribution in [0.4, 0.5) is 10.1 Å². The van der Waals surface area contributed by atoms with E-state index < -0.39 is 0 Å². The van der Waals surface area contributed by atoms with Gasteiger partial charge in [-0.2, -0.15) is 0 Å². The maximum absolute atomic E-state index is 14.2. The van der Waals surface area contributed by atoms with Crippen LogP contribution >= 0.6 is 0 Å². The van der Waals surface area contributed by atoms with Gasteiger partial charge in [-0.05, 0) is 43.9 Å². The van der Waals surface area contributed by atoms with Crippen molar-refractivity contribution in [2.45, 2.75) is 19.3 Å². The lowest BCUT2D eigenvalue weighted by Crippen LogP contribution is -2.28. The minimum absolute atomic E-state index is 0.197. The summed E-state index contributed by atoms with van der Waals surface area (Å²) in [4.78, 5) is 2.09. The zero-order chi connectivity index (χ0) is 14.5. The van der Waals surface area contributed by atoms with Crippen LogP contribution in [0.2, 0.25) is 0 Å². The third-order valence-electron chi connectivity index (χ3n) is 3.96. The number of hydrogen-bond donors (Lipinski definition) is 1. The van der Waals surface area contributed by atoms with E-state index in [2.05, 4.69) is 10.2 Å². The van der Waals surface area contributed by atoms with Crippen molar-refractivity contribution in [2.24, 2.45) is 5.92 Å². The quantitative estimate of drug-likeness (QED) is 0.645. The van der Waals surface area contributed by atoms with Gasteiger partial charge in [0.15, 0.2) is 6.79 Å². The Bertz CT molecular complexity index is 458. The van der Waals surface area contributed by atoms with Crippen LogP contribution in [0.25, 0.3) is 0 Å². The van der Waals surface area contributed by atoms with Crippen LogP contribution in [0, 0.1) is 11.7 Å². The third kappa shape index (κ3) is 4.32. The zero-order valence-electron chi connectivity index (χ0n) is 12.3. The van der Waals surface area contributed by atoms with Crippen molar-refractivity contribution in [1.29, 1.82) is 0 Å². The van der Waals surface area contributed by atoms with Crippen LogP contribution in [0.5, 0.6) is 5.75 Å². The normalized spacial score (nSPS) is 19.4. The zero-order valence-corrected chi connectivity index (χ0v) is 12.3. The molecule has 5 heteroatoms. The number of nitrogens with one attached hydrogen (secondary N) is 1. The summed E-state index contributed by atoms with van der Waals surface area (Å²) < 4.78 is 25.1. The standard InChI is InChI=1S/C16H23FN2O2/c17-15-10-14(21-12-20-11-13-2-3-13)4-5-16(15)19-8-1-6-18-7-9-19/h4-5,10,13,18H,1-3,6-9,11-12H2. The van der Waals surface area contributed by atoms with Crippen molar-refractivity contribution in [1.82, 2.24) is 5.32 Å². The van der Waals surface area contributed by atoms with Gasteiger partial charge in [0, 0.05) is 25.7 Å². The van der Waals surface area contributed by atoms with Gasteiger partial charge in [-0.1, -0.05) is 0 Å². The fraction of sp³-hybridized carbons (Fsp3) is 0.625. The van der Waals surface area contributed by atoms with Crippen molar-refractivity contribution in [3.63, 3.8) is 0 Å². The SMILES string of the molecule is Fc1cc(OCOCC2CC2)ccc1N1CCCNCC1. The minimum Gasteiger partial charge on any atom is -0.467 e. The summed E-state index contributed by atoms with van der Waals surface area (Å²) >= 11 is 0. The first-order valence-corrected chi connectivity index (χ1v) is 7.79. The van der Waals surface area contributed by atoms with E-state index in [0.717, 1.165) is 39.2 Å². The predicted octanol–water partition coefficient (Wildman–Crippen LogP) is 2.39. The summed E-state index contributed by atoms with van der Waals surface area (Å²) in [6, 6.07) is 5.07. The van der Waals surface area contributed by atoms with E-state index in [9.17, 15) is 4.39 Å². The van der Waals surface area contributed by atoms with E-state index in [1.54, 1.807) is 6.07 Å². The lowest BCUT2D eigenvalue weighted by atomic mass is 10.2. The van der Waals surface area contributed by atoms with Gasteiger partial charge in [-0.15, -0.1) is 0 Å². The Kier molecular flexibility index (Phi) is 4.93. The van der Waals surface area contributed by atoms with E-state index in [4.69, 9.17) is 9.47 Å². The van der Waals surface area contributed by atoms with Gasteiger partial charge in [0.25, 0.3) is 0 Å². The molecule has 4 nitrogen and oxygen atoms in total. The molecule has 1 heterocycles. The molecule has 0 radical (unpaired) electrons. The monoisotopic (exact) mass is 294 g/mol. The van der Waals surface area contributed by atoms with Crippen molar-refractivity contribution < 1.29 is 13.9 Å². The van der Waals surface area contributed by atoms with Gasteiger partial charge < -0.3 is 19.7 Å². The number of nitrogens with zero attached hydrogens (tertiary/aromatic N) is 1. The lowest BCUT2D eigenvalue weighted by molar-refractivity contribution is 0.00984. The fourth-order valence-corrected chi connectivity index (χ4v) is 2.53. The number of anilines is 1. The highest BCUT2D eigenvalue weighted by Gasteiger charge is 2.21. The van der Waals surface area contributed by atoms with E-state index in [1.807, 2.05) is 6.07 Å². The second-order valence-electron chi connectivity index (χ2n) is 5.78. The summed E-state index contributed by atoms with van der Waals surface area (Å²) in [6.45, 7) is 4.56. The van der Waals surface area contributed by atoms with Crippen LogP contribution < -0.4 is 15.0 Å². The molecule has 1 aliphatic heterocycles. The molecule has 0 atom stereocenters. The summed E-state index contributed by atoms with van der Waals surface area (Å²) in [5, 5.41) is 3.32. The first-order chi connectivity index (χ1) is 10.3. The summed E-state index contributed by atoms with van der Waals surface area (Å²) in [5.41, 5.74) is 0.657. The Morgan fingerprint density at radius 3 is 2.95 bits per heavy atom. The van der Waals surface area contributed by atoms with Gasteiger partial charge in [-0.25, -0.2) is 4.39 Å². The van der Waals surface area contributed by atoms with Gasteiger partial charge >= 0.3 is 0 Å². The number of ether oxygens (including phenoxy) is 2. The Morgan fingerprint density at radius 2 is 2.14 bits per heavy atom. The molecule has 0 amide bonds. The summed E-state index contributed by atoms with van der Waals surface area (Å²) in [6.07, 6.45) is 3.55. The first-order valence-electron chi connectivity index (χ1n) is 7.79. The molecule has 0 aromatic heterocycles. The second kappa shape index (κ2) is 7.09. The van der Waals surface area contributed by atoms with Crippen molar-refractivity contribution >= 4 is 5.69 Å². The highest BCUT2D eigenvalue weighted by Crippen LogP contribution is 2.29. The molecular formula is C16H23FN2O2. The lowest BCUT2D eigenvalue weighted by Gasteiger charge is -2.23. The Hall–Kier alpha value is -1.33. The molecule has 1 aliphatic carbocycles. The number of benzene rings is 1. The molecule has 2 aliphatic rings. The topological polar surface area (TPSA) is 33.7 Å². The van der Waals surface area contributed by atoms with Crippen LogP contribution in [0.15, 0.2) is 18.2 Å². The van der Waals surface area contributed by atoms with Crippen molar-refractivity contribution in [3.05, 3.63) is 24.0 Å². The molecule has 1 N–H and O–H groups in total. The molecule has 21 heavy (non-hydrogen) atoms. The molecule has 116 valence electrons. The van der Waals surface area contributed by atoms with E-state index in [1.165, 1.54) is 18.9 Å². The molecule has 1 saturated heterocycles. The van der Waals surface area contributed by atoms with Crippen LogP contribution in [0.3, 0.4) is 0 Å². The first kappa shape index (κ1) is 14.6. The largest absolute Gasteiger partial charge is 0.467 e. The average Bonchev–Trinajstić information content (AvgIpc) is 3.31. The molecule has 0 unspecified atom stereocenters. The van der Waals surface area contributed by atoms with Crippen LogP contribution in [0.1, 0.15) is 19.3 Å². The number of hydrogen-bond acceptors (Lipinski definition) is 4. The van der Waals surface area contributed by atoms with Gasteiger partial charge in [0.1, 0.15) is 11.6 Å². The van der Waals surface area contributed by atoms with E-state index in [0.29, 0.717) is 17.4 Å². The Balaban J connectivity index is 1.53. The smallest absolute Gasteiger partial charge is 0.189 e. The average molecular weight is 294 g/mol. The van der Waals surface area contributed by atoms with Crippen molar-refractivity contribution in [3.8, 4) is 5.75 Å². The second-order valence-corrected chi connectivity index (χ2v) is 5.78. The van der Waals surface area contributed by atoms with Crippen LogP contribution in [-0.2, 0) is 4.74 Å². The van der Waals surface area contributed by atoms with E-state index in [-0.39, 0.29) is 12.6 Å². The van der Waals surface area contributed by atoms with Gasteiger partial charge in [0.2, 0.25) is 0 Å². The third-order valence-corrected chi connectivity index (χ3v) is 3.96. The molecule has 1 aromatic rings. The summed E-state index contributed by atoms with van der Waals surface area (Å²) in [5.74, 6) is 1.01. The Morgan fingerprint density at radius 1 is 1.24 bits per heavy atom.